The van der Waals surface area contributed by atoms with Gasteiger partial charge in [-0.25, -0.2) is 4.98 Å². The van der Waals surface area contributed by atoms with Crippen LogP contribution in [0.3, 0.4) is 0 Å². The van der Waals surface area contributed by atoms with E-state index < -0.39 is 0 Å². The molecule has 0 unspecified atom stereocenters. The van der Waals surface area contributed by atoms with Gasteiger partial charge in [-0.05, 0) is 43.7 Å². The first-order chi connectivity index (χ1) is 16.9. The molecule has 2 atom stereocenters. The van der Waals surface area contributed by atoms with Gasteiger partial charge in [0.2, 0.25) is 17.7 Å². The number of ether oxygens (including phenoxy) is 1. The Balaban J connectivity index is 1.21. The second-order valence-corrected chi connectivity index (χ2v) is 11.0. The van der Waals surface area contributed by atoms with Crippen molar-refractivity contribution in [3.05, 3.63) is 59.2 Å². The Bertz CT molecular complexity index is 1030. The number of nitrogens with zero attached hydrogens (tertiary/aromatic N) is 3. The number of piperidine rings is 2. The Morgan fingerprint density at radius 3 is 2.40 bits per heavy atom. The van der Waals surface area contributed by atoms with Gasteiger partial charge in [0.25, 0.3) is 0 Å². The average molecular weight is 496 g/mol. The van der Waals surface area contributed by atoms with Gasteiger partial charge >= 0.3 is 0 Å². The number of amides is 2. The third-order valence-corrected chi connectivity index (χ3v) is 8.31. The number of aromatic nitrogens is 1. The summed E-state index contributed by atoms with van der Waals surface area (Å²) in [5, 5.41) is 0.586. The zero-order chi connectivity index (χ0) is 24.4. The summed E-state index contributed by atoms with van der Waals surface area (Å²) in [4.78, 5) is 34.5. The molecule has 7 heteroatoms. The number of carbonyl (C=O) groups is 2. The van der Waals surface area contributed by atoms with E-state index in [1.807, 2.05) is 11.0 Å². The van der Waals surface area contributed by atoms with Crippen molar-refractivity contribution in [1.82, 2.24) is 14.8 Å². The third-order valence-electron chi connectivity index (χ3n) is 8.09. The molecule has 0 radical (unpaired) electrons. The molecular formula is C28H34ClN3O3. The number of halogens is 1. The van der Waals surface area contributed by atoms with Crippen LogP contribution < -0.4 is 4.74 Å². The van der Waals surface area contributed by atoms with Crippen LogP contribution in [0, 0.1) is 17.3 Å². The maximum absolute atomic E-state index is 13.5. The first-order valence-electron chi connectivity index (χ1n) is 12.8. The monoisotopic (exact) mass is 495 g/mol. The van der Waals surface area contributed by atoms with E-state index in [4.69, 9.17) is 16.3 Å². The predicted octanol–water partition coefficient (Wildman–Crippen LogP) is 4.78. The van der Waals surface area contributed by atoms with E-state index in [0.717, 1.165) is 38.6 Å². The van der Waals surface area contributed by atoms with E-state index >= 15 is 0 Å². The molecule has 0 bridgehead atoms. The second kappa shape index (κ2) is 10.2. The van der Waals surface area contributed by atoms with Gasteiger partial charge < -0.3 is 14.5 Å². The lowest BCUT2D eigenvalue weighted by molar-refractivity contribution is -0.144. The van der Waals surface area contributed by atoms with E-state index in [1.165, 1.54) is 5.56 Å². The van der Waals surface area contributed by atoms with Gasteiger partial charge in [0.05, 0.1) is 11.6 Å². The SMILES string of the molecule is CC1(C(=O)N2CCC(C(=O)N3CC[C@@H](COc4ccc(Cl)cn4)[C@H](c4ccccc4)C3)CC2)CC1. The van der Waals surface area contributed by atoms with Crippen LogP contribution in [0.2, 0.25) is 5.02 Å². The largest absolute Gasteiger partial charge is 0.477 e. The second-order valence-electron chi connectivity index (χ2n) is 10.6. The molecule has 3 aliphatic rings. The van der Waals surface area contributed by atoms with Crippen molar-refractivity contribution in [2.24, 2.45) is 17.3 Å². The van der Waals surface area contributed by atoms with Crippen molar-refractivity contribution in [3.8, 4) is 5.88 Å². The summed E-state index contributed by atoms with van der Waals surface area (Å²) in [5.74, 6) is 1.60. The zero-order valence-corrected chi connectivity index (χ0v) is 21.1. The first-order valence-corrected chi connectivity index (χ1v) is 13.2. The van der Waals surface area contributed by atoms with Gasteiger partial charge in [0, 0.05) is 61.6 Å². The van der Waals surface area contributed by atoms with E-state index in [2.05, 4.69) is 41.1 Å². The molecule has 3 heterocycles. The minimum atomic E-state index is -0.134. The Morgan fingerprint density at radius 2 is 1.74 bits per heavy atom. The van der Waals surface area contributed by atoms with Gasteiger partial charge in [-0.15, -0.1) is 0 Å². The molecule has 35 heavy (non-hydrogen) atoms. The van der Waals surface area contributed by atoms with Crippen LogP contribution in [0.15, 0.2) is 48.7 Å². The number of rotatable bonds is 6. The number of likely N-dealkylation sites (tertiary alicyclic amines) is 2. The fourth-order valence-electron chi connectivity index (χ4n) is 5.49. The van der Waals surface area contributed by atoms with Gasteiger partial charge in [-0.1, -0.05) is 48.9 Å². The Labute approximate surface area is 212 Å². The van der Waals surface area contributed by atoms with Crippen LogP contribution in [-0.4, -0.2) is 59.4 Å². The molecule has 3 fully saturated rings. The van der Waals surface area contributed by atoms with Crippen LogP contribution in [0.4, 0.5) is 0 Å². The zero-order valence-electron chi connectivity index (χ0n) is 20.4. The van der Waals surface area contributed by atoms with E-state index in [9.17, 15) is 9.59 Å². The molecule has 0 spiro atoms. The Morgan fingerprint density at radius 1 is 1.03 bits per heavy atom. The molecule has 1 aromatic heterocycles. The van der Waals surface area contributed by atoms with Crippen LogP contribution in [0.25, 0.3) is 0 Å². The smallest absolute Gasteiger partial charge is 0.228 e. The van der Waals surface area contributed by atoms with E-state index in [0.29, 0.717) is 37.1 Å². The van der Waals surface area contributed by atoms with Crippen LogP contribution in [0.1, 0.15) is 50.5 Å². The van der Waals surface area contributed by atoms with Crippen molar-refractivity contribution >= 4 is 23.4 Å². The fourth-order valence-corrected chi connectivity index (χ4v) is 5.60. The highest BCUT2D eigenvalue weighted by Gasteiger charge is 2.48. The van der Waals surface area contributed by atoms with Crippen molar-refractivity contribution in [2.45, 2.75) is 44.9 Å². The van der Waals surface area contributed by atoms with Crippen molar-refractivity contribution in [2.75, 3.05) is 32.8 Å². The standard InChI is InChI=1S/C28H34ClN3O3/c1-28(12-13-28)27(34)31-14-9-21(10-15-31)26(33)32-16-11-22(19-35-25-8-7-23(29)17-30-25)24(18-32)20-5-3-2-4-6-20/h2-8,17,21-22,24H,9-16,18-19H2,1H3/t22-,24-/m0/s1. The summed E-state index contributed by atoms with van der Waals surface area (Å²) in [5.41, 5.74) is 1.10. The maximum atomic E-state index is 13.5. The third kappa shape index (κ3) is 5.48. The Hall–Kier alpha value is -2.60. The molecule has 0 N–H and O–H groups in total. The molecule has 1 aromatic carbocycles. The molecular weight excluding hydrogens is 462 g/mol. The summed E-state index contributed by atoms with van der Waals surface area (Å²) in [6, 6.07) is 14.0. The normalized spacial score (nSPS) is 24.2. The van der Waals surface area contributed by atoms with Crippen molar-refractivity contribution in [1.29, 1.82) is 0 Å². The lowest BCUT2D eigenvalue weighted by Crippen LogP contribution is -2.49. The summed E-state index contributed by atoms with van der Waals surface area (Å²) in [6.07, 6.45) is 6.01. The highest BCUT2D eigenvalue weighted by molar-refractivity contribution is 6.30. The first kappa shape index (κ1) is 24.1. The van der Waals surface area contributed by atoms with E-state index in [1.54, 1.807) is 18.3 Å². The topological polar surface area (TPSA) is 62.7 Å². The molecule has 2 saturated heterocycles. The fraction of sp³-hybridized carbons (Fsp3) is 0.536. The van der Waals surface area contributed by atoms with Crippen molar-refractivity contribution < 1.29 is 14.3 Å². The number of hydrogen-bond acceptors (Lipinski definition) is 4. The molecule has 2 aliphatic heterocycles. The molecule has 6 nitrogen and oxygen atoms in total. The van der Waals surface area contributed by atoms with Gasteiger partial charge in [0.1, 0.15) is 0 Å². The number of hydrogen-bond donors (Lipinski definition) is 0. The molecule has 186 valence electrons. The molecule has 5 rings (SSSR count). The lowest BCUT2D eigenvalue weighted by atomic mass is 9.80. The molecule has 2 aromatic rings. The van der Waals surface area contributed by atoms with Crippen LogP contribution in [0.5, 0.6) is 5.88 Å². The van der Waals surface area contributed by atoms with Crippen molar-refractivity contribution in [3.63, 3.8) is 0 Å². The summed E-state index contributed by atoms with van der Waals surface area (Å²) < 4.78 is 6.02. The maximum Gasteiger partial charge on any atom is 0.228 e. The number of benzene rings is 1. The predicted molar refractivity (Wildman–Crippen MR) is 135 cm³/mol. The van der Waals surface area contributed by atoms with Gasteiger partial charge in [0.15, 0.2) is 0 Å². The van der Waals surface area contributed by atoms with Gasteiger partial charge in [-0.3, -0.25) is 9.59 Å². The quantitative estimate of drug-likeness (QED) is 0.578. The summed E-state index contributed by atoms with van der Waals surface area (Å²) in [7, 11) is 0. The summed E-state index contributed by atoms with van der Waals surface area (Å²) >= 11 is 5.94. The number of pyridine rings is 1. The summed E-state index contributed by atoms with van der Waals surface area (Å²) in [6.45, 7) is 5.45. The molecule has 1 saturated carbocycles. The Kier molecular flexibility index (Phi) is 7.01. The molecule has 2 amide bonds. The van der Waals surface area contributed by atoms with Crippen LogP contribution >= 0.6 is 11.6 Å². The molecule has 1 aliphatic carbocycles. The van der Waals surface area contributed by atoms with Crippen LogP contribution in [-0.2, 0) is 9.59 Å². The lowest BCUT2D eigenvalue weighted by Gasteiger charge is -2.41. The minimum absolute atomic E-state index is 0.00792. The minimum Gasteiger partial charge on any atom is -0.477 e. The van der Waals surface area contributed by atoms with Gasteiger partial charge in [-0.2, -0.15) is 0 Å². The highest BCUT2D eigenvalue weighted by atomic mass is 35.5. The highest BCUT2D eigenvalue weighted by Crippen LogP contribution is 2.47. The van der Waals surface area contributed by atoms with E-state index in [-0.39, 0.29) is 35.0 Å². The average Bonchev–Trinajstić information content (AvgIpc) is 3.66. The number of carbonyl (C=O) groups excluding carboxylic acids is 2.